The van der Waals surface area contributed by atoms with E-state index in [-0.39, 0.29) is 22.7 Å². The van der Waals surface area contributed by atoms with Crippen molar-refractivity contribution in [1.29, 1.82) is 0 Å². The minimum atomic E-state index is -0.371. The highest BCUT2D eigenvalue weighted by Crippen LogP contribution is 2.42. The van der Waals surface area contributed by atoms with E-state index in [9.17, 15) is 8.78 Å². The number of nitrogens with one attached hydrogen (secondary N) is 1. The molecule has 3 rings (SSSR count). The van der Waals surface area contributed by atoms with Crippen LogP contribution in [0.5, 0.6) is 0 Å². The zero-order valence-electron chi connectivity index (χ0n) is 13.0. The van der Waals surface area contributed by atoms with Gasteiger partial charge in [0.05, 0.1) is 0 Å². The first kappa shape index (κ1) is 14.9. The van der Waals surface area contributed by atoms with Gasteiger partial charge in [0.25, 0.3) is 0 Å². The summed E-state index contributed by atoms with van der Waals surface area (Å²) in [6.45, 7) is 8.78. The van der Waals surface area contributed by atoms with Crippen molar-refractivity contribution in [3.05, 3.63) is 35.4 Å². The molecule has 1 saturated heterocycles. The molecule has 2 nitrogen and oxygen atoms in total. The molecule has 0 amide bonds. The van der Waals surface area contributed by atoms with Gasteiger partial charge in [-0.15, -0.1) is 0 Å². The van der Waals surface area contributed by atoms with Gasteiger partial charge in [0.1, 0.15) is 11.6 Å². The van der Waals surface area contributed by atoms with Gasteiger partial charge in [-0.25, -0.2) is 8.78 Å². The van der Waals surface area contributed by atoms with Crippen molar-refractivity contribution >= 4 is 0 Å². The fraction of sp³-hybridized carbons (Fsp3) is 0.647. The summed E-state index contributed by atoms with van der Waals surface area (Å²) >= 11 is 0. The predicted octanol–water partition coefficient (Wildman–Crippen LogP) is 3.32. The smallest absolute Gasteiger partial charge is 0.127 e. The van der Waals surface area contributed by atoms with Crippen molar-refractivity contribution in [3.8, 4) is 0 Å². The van der Waals surface area contributed by atoms with Gasteiger partial charge < -0.3 is 5.32 Å². The Labute approximate surface area is 125 Å². The molecule has 1 saturated carbocycles. The van der Waals surface area contributed by atoms with Gasteiger partial charge in [0.2, 0.25) is 0 Å². The maximum Gasteiger partial charge on any atom is 0.127 e. The Balaban J connectivity index is 1.82. The highest BCUT2D eigenvalue weighted by Gasteiger charge is 2.48. The van der Waals surface area contributed by atoms with Crippen molar-refractivity contribution < 1.29 is 8.78 Å². The molecule has 0 aromatic heterocycles. The second kappa shape index (κ2) is 5.03. The number of hydrogen-bond donors (Lipinski definition) is 1. The molecule has 21 heavy (non-hydrogen) atoms. The molecular weight excluding hydrogens is 270 g/mol. The summed E-state index contributed by atoms with van der Waals surface area (Å²) in [6.07, 6.45) is 2.54. The number of piperazine rings is 1. The number of halogens is 2. The molecule has 0 bridgehead atoms. The number of hydrogen-bond acceptors (Lipinski definition) is 2. The number of benzene rings is 1. The minimum absolute atomic E-state index is 0.0623. The third-order valence-corrected chi connectivity index (χ3v) is 5.15. The Morgan fingerprint density at radius 3 is 2.62 bits per heavy atom. The van der Waals surface area contributed by atoms with Gasteiger partial charge in [-0.1, -0.05) is 0 Å². The van der Waals surface area contributed by atoms with E-state index in [0.717, 1.165) is 13.1 Å². The largest absolute Gasteiger partial charge is 0.308 e. The Bertz CT molecular complexity index is 540. The number of rotatable bonds is 3. The number of nitrogens with zero attached hydrogens (tertiary/aromatic N) is 1. The zero-order valence-corrected chi connectivity index (χ0v) is 13.0. The van der Waals surface area contributed by atoms with E-state index in [1.54, 1.807) is 0 Å². The Kier molecular flexibility index (Phi) is 3.57. The van der Waals surface area contributed by atoms with E-state index in [1.807, 2.05) is 0 Å². The lowest BCUT2D eigenvalue weighted by atomic mass is 9.86. The molecular formula is C17H24F2N2. The molecule has 2 aliphatic rings. The van der Waals surface area contributed by atoms with Crippen molar-refractivity contribution in [3.63, 3.8) is 0 Å². The van der Waals surface area contributed by atoms with Crippen molar-refractivity contribution in [1.82, 2.24) is 10.2 Å². The predicted molar refractivity (Wildman–Crippen MR) is 80.0 cm³/mol. The molecule has 1 aliphatic carbocycles. The van der Waals surface area contributed by atoms with E-state index in [4.69, 9.17) is 0 Å². The van der Waals surface area contributed by atoms with Crippen LogP contribution in [0.3, 0.4) is 0 Å². The van der Waals surface area contributed by atoms with Crippen LogP contribution in [-0.2, 0) is 6.54 Å². The fourth-order valence-electron chi connectivity index (χ4n) is 3.33. The molecule has 1 N–H and O–H groups in total. The van der Waals surface area contributed by atoms with E-state index in [0.29, 0.717) is 18.0 Å². The Hall–Kier alpha value is -1.00. The summed E-state index contributed by atoms with van der Waals surface area (Å²) < 4.78 is 27.3. The molecule has 1 unspecified atom stereocenters. The van der Waals surface area contributed by atoms with Crippen LogP contribution in [0.15, 0.2) is 18.2 Å². The van der Waals surface area contributed by atoms with Crippen LogP contribution in [0.25, 0.3) is 0 Å². The van der Waals surface area contributed by atoms with E-state index >= 15 is 0 Å². The van der Waals surface area contributed by atoms with Gasteiger partial charge in [-0.3, -0.25) is 4.90 Å². The van der Waals surface area contributed by atoms with Crippen LogP contribution in [0.4, 0.5) is 8.78 Å². The summed E-state index contributed by atoms with van der Waals surface area (Å²) in [4.78, 5) is 2.29. The van der Waals surface area contributed by atoms with Crippen molar-refractivity contribution in [2.45, 2.75) is 51.2 Å². The van der Waals surface area contributed by atoms with Gasteiger partial charge in [0.15, 0.2) is 0 Å². The summed E-state index contributed by atoms with van der Waals surface area (Å²) in [5.41, 5.74) is 0.482. The van der Waals surface area contributed by atoms with Crippen LogP contribution >= 0.6 is 0 Å². The normalized spacial score (nSPS) is 29.6. The average Bonchev–Trinajstić information content (AvgIpc) is 3.24. The monoisotopic (exact) mass is 294 g/mol. The highest BCUT2D eigenvalue weighted by atomic mass is 19.1. The van der Waals surface area contributed by atoms with E-state index in [1.165, 1.54) is 31.0 Å². The molecule has 4 heteroatoms. The van der Waals surface area contributed by atoms with Crippen molar-refractivity contribution in [2.75, 3.05) is 13.1 Å². The maximum atomic E-state index is 13.9. The maximum absolute atomic E-state index is 13.9. The second-order valence-corrected chi connectivity index (χ2v) is 7.45. The summed E-state index contributed by atoms with van der Waals surface area (Å²) in [5, 5.41) is 3.68. The molecule has 0 radical (unpaired) electrons. The standard InChI is InChI=1S/C17H24F2N2/c1-16(2)10-20-17(3,13-4-5-13)11-21(16)9-12-8-14(18)6-7-15(12)19/h6-8,13,20H,4-5,9-11H2,1-3H3. The first-order valence-corrected chi connectivity index (χ1v) is 7.74. The van der Waals surface area contributed by atoms with Crippen molar-refractivity contribution in [2.24, 2.45) is 5.92 Å². The summed E-state index contributed by atoms with van der Waals surface area (Å²) in [7, 11) is 0. The molecule has 1 heterocycles. The molecule has 0 spiro atoms. The van der Waals surface area contributed by atoms with E-state index in [2.05, 4.69) is 31.0 Å². The molecule has 1 atom stereocenters. The van der Waals surface area contributed by atoms with Gasteiger partial charge >= 0.3 is 0 Å². The van der Waals surface area contributed by atoms with Gasteiger partial charge in [-0.2, -0.15) is 0 Å². The topological polar surface area (TPSA) is 15.3 Å². The minimum Gasteiger partial charge on any atom is -0.308 e. The lowest BCUT2D eigenvalue weighted by Crippen LogP contribution is -2.67. The first-order valence-electron chi connectivity index (χ1n) is 7.74. The lowest BCUT2D eigenvalue weighted by molar-refractivity contribution is 0.0170. The lowest BCUT2D eigenvalue weighted by Gasteiger charge is -2.51. The second-order valence-electron chi connectivity index (χ2n) is 7.45. The molecule has 1 aromatic rings. The first-order chi connectivity index (χ1) is 9.80. The zero-order chi connectivity index (χ0) is 15.3. The third-order valence-electron chi connectivity index (χ3n) is 5.15. The molecule has 116 valence electrons. The van der Waals surface area contributed by atoms with Gasteiger partial charge in [-0.05, 0) is 57.7 Å². The SMILES string of the molecule is CC1(C2CC2)CN(Cc2cc(F)ccc2F)C(C)(C)CN1. The summed E-state index contributed by atoms with van der Waals surface area (Å²) in [6, 6.07) is 3.72. The van der Waals surface area contributed by atoms with Crippen LogP contribution in [-0.4, -0.2) is 29.1 Å². The van der Waals surface area contributed by atoms with Crippen LogP contribution in [0.2, 0.25) is 0 Å². The van der Waals surface area contributed by atoms with Crippen LogP contribution in [0.1, 0.15) is 39.2 Å². The quantitative estimate of drug-likeness (QED) is 0.920. The fourth-order valence-corrected chi connectivity index (χ4v) is 3.33. The average molecular weight is 294 g/mol. The molecule has 2 fully saturated rings. The Morgan fingerprint density at radius 1 is 1.24 bits per heavy atom. The molecule has 1 aromatic carbocycles. The Morgan fingerprint density at radius 2 is 1.95 bits per heavy atom. The summed E-state index contributed by atoms with van der Waals surface area (Å²) in [5.74, 6) is 0.0246. The third kappa shape index (κ3) is 2.97. The van der Waals surface area contributed by atoms with Crippen LogP contribution < -0.4 is 5.32 Å². The highest BCUT2D eigenvalue weighted by molar-refractivity contribution is 5.20. The van der Waals surface area contributed by atoms with E-state index < -0.39 is 0 Å². The molecule has 1 aliphatic heterocycles. The van der Waals surface area contributed by atoms with Gasteiger partial charge in [0, 0.05) is 36.3 Å². The van der Waals surface area contributed by atoms with Crippen LogP contribution in [0, 0.1) is 17.6 Å².